The highest BCUT2D eigenvalue weighted by Gasteiger charge is 2.36. The van der Waals surface area contributed by atoms with Crippen LogP contribution in [0.3, 0.4) is 0 Å². The van der Waals surface area contributed by atoms with Crippen LogP contribution in [0.5, 0.6) is 0 Å². The summed E-state index contributed by atoms with van der Waals surface area (Å²) >= 11 is 0. The molecule has 7 heteroatoms. The predicted molar refractivity (Wildman–Crippen MR) is 83.6 cm³/mol. The largest absolute Gasteiger partial charge is 0.350 e. The van der Waals surface area contributed by atoms with E-state index in [9.17, 15) is 13.2 Å². The van der Waals surface area contributed by atoms with Crippen LogP contribution in [-0.4, -0.2) is 51.1 Å². The maximum absolute atomic E-state index is 12.8. The van der Waals surface area contributed by atoms with Gasteiger partial charge >= 0.3 is 0 Å². The average Bonchev–Trinajstić information content (AvgIpc) is 3.09. The van der Waals surface area contributed by atoms with E-state index in [1.54, 1.807) is 12.1 Å². The Hall–Kier alpha value is -1.28. The molecular formula is C16H21NO5S. The van der Waals surface area contributed by atoms with Gasteiger partial charge in [-0.15, -0.1) is 0 Å². The zero-order valence-electron chi connectivity index (χ0n) is 13.1. The average molecular weight is 339 g/mol. The lowest BCUT2D eigenvalue weighted by Gasteiger charge is -2.33. The van der Waals surface area contributed by atoms with E-state index >= 15 is 0 Å². The summed E-state index contributed by atoms with van der Waals surface area (Å²) in [5.74, 6) is -0.0139. The third-order valence-corrected chi connectivity index (χ3v) is 6.23. The van der Waals surface area contributed by atoms with Gasteiger partial charge in [0.2, 0.25) is 10.0 Å². The monoisotopic (exact) mass is 339 g/mol. The number of ether oxygens (including phenoxy) is 2. The molecular weight excluding hydrogens is 318 g/mol. The summed E-state index contributed by atoms with van der Waals surface area (Å²) in [7, 11) is -3.56. The number of Topliss-reactive ketones (excluding diaryl/α,β-unsaturated/α-hetero) is 1. The van der Waals surface area contributed by atoms with Gasteiger partial charge in [-0.1, -0.05) is 12.1 Å². The minimum Gasteiger partial charge on any atom is -0.350 e. The van der Waals surface area contributed by atoms with Crippen LogP contribution in [0, 0.1) is 5.92 Å². The van der Waals surface area contributed by atoms with E-state index in [-0.39, 0.29) is 22.9 Å². The van der Waals surface area contributed by atoms with Crippen molar-refractivity contribution in [3.63, 3.8) is 0 Å². The van der Waals surface area contributed by atoms with E-state index in [0.29, 0.717) is 31.9 Å². The smallest absolute Gasteiger partial charge is 0.243 e. The van der Waals surface area contributed by atoms with Crippen molar-refractivity contribution in [3.05, 3.63) is 29.8 Å². The van der Waals surface area contributed by atoms with E-state index in [1.165, 1.54) is 23.4 Å². The topological polar surface area (TPSA) is 72.9 Å². The summed E-state index contributed by atoms with van der Waals surface area (Å²) < 4.78 is 38.1. The van der Waals surface area contributed by atoms with Crippen molar-refractivity contribution in [2.45, 2.75) is 31.0 Å². The molecule has 0 aromatic heterocycles. The molecule has 126 valence electrons. The molecule has 0 spiro atoms. The van der Waals surface area contributed by atoms with Crippen molar-refractivity contribution in [2.24, 2.45) is 5.92 Å². The second kappa shape index (κ2) is 6.68. The fourth-order valence-corrected chi connectivity index (χ4v) is 4.61. The molecule has 1 aromatic rings. The maximum Gasteiger partial charge on any atom is 0.243 e. The van der Waals surface area contributed by atoms with Crippen molar-refractivity contribution >= 4 is 15.8 Å². The molecule has 0 radical (unpaired) electrons. The van der Waals surface area contributed by atoms with Gasteiger partial charge in [-0.2, -0.15) is 4.31 Å². The molecule has 0 amide bonds. The fraction of sp³-hybridized carbons (Fsp3) is 0.562. The van der Waals surface area contributed by atoms with E-state index in [1.807, 2.05) is 0 Å². The standard InChI is InChI=1S/C16H21NO5S/c1-12(18)13-4-6-15(7-5-13)23(19,20)17-8-2-3-14(11-17)16-21-9-10-22-16/h4-7,14,16H,2-3,8-11H2,1H3/t14-/m0/s1. The molecule has 3 rings (SSSR count). The SMILES string of the molecule is CC(=O)c1ccc(S(=O)(=O)N2CCC[C@H](C3OCCO3)C2)cc1. The van der Waals surface area contributed by atoms with Crippen molar-refractivity contribution in [3.8, 4) is 0 Å². The summed E-state index contributed by atoms with van der Waals surface area (Å²) in [6.07, 6.45) is 1.39. The summed E-state index contributed by atoms with van der Waals surface area (Å²) in [5.41, 5.74) is 0.508. The van der Waals surface area contributed by atoms with Gasteiger partial charge in [-0.25, -0.2) is 8.42 Å². The number of carbonyl (C=O) groups is 1. The highest BCUT2D eigenvalue weighted by Crippen LogP contribution is 2.28. The van der Waals surface area contributed by atoms with Crippen molar-refractivity contribution in [1.29, 1.82) is 0 Å². The van der Waals surface area contributed by atoms with Gasteiger partial charge in [0, 0.05) is 24.6 Å². The van der Waals surface area contributed by atoms with Crippen LogP contribution in [-0.2, 0) is 19.5 Å². The van der Waals surface area contributed by atoms with Gasteiger partial charge in [0.05, 0.1) is 18.1 Å². The van der Waals surface area contributed by atoms with Gasteiger partial charge in [-0.05, 0) is 31.9 Å². The van der Waals surface area contributed by atoms with Gasteiger partial charge < -0.3 is 9.47 Å². The van der Waals surface area contributed by atoms with Crippen molar-refractivity contribution in [2.75, 3.05) is 26.3 Å². The zero-order chi connectivity index (χ0) is 16.4. The van der Waals surface area contributed by atoms with Crippen LogP contribution in [0.4, 0.5) is 0 Å². The van der Waals surface area contributed by atoms with E-state index in [4.69, 9.17) is 9.47 Å². The number of hydrogen-bond donors (Lipinski definition) is 0. The Morgan fingerprint density at radius 3 is 2.43 bits per heavy atom. The first kappa shape index (κ1) is 16.6. The second-order valence-electron chi connectivity index (χ2n) is 5.96. The summed E-state index contributed by atoms with van der Waals surface area (Å²) in [6.45, 7) is 3.50. The highest BCUT2D eigenvalue weighted by atomic mass is 32.2. The predicted octanol–water partition coefficient (Wildman–Crippen LogP) is 1.66. The van der Waals surface area contributed by atoms with Crippen LogP contribution in [0.25, 0.3) is 0 Å². The fourth-order valence-electron chi connectivity index (χ4n) is 3.07. The van der Waals surface area contributed by atoms with Crippen LogP contribution in [0.15, 0.2) is 29.2 Å². The highest BCUT2D eigenvalue weighted by molar-refractivity contribution is 7.89. The van der Waals surface area contributed by atoms with Crippen LogP contribution in [0.2, 0.25) is 0 Å². The Morgan fingerprint density at radius 1 is 1.17 bits per heavy atom. The number of rotatable bonds is 4. The van der Waals surface area contributed by atoms with Gasteiger partial charge in [0.1, 0.15) is 0 Å². The normalized spacial score (nSPS) is 24.0. The number of piperidine rings is 1. The number of hydrogen-bond acceptors (Lipinski definition) is 5. The molecule has 1 atom stereocenters. The number of sulfonamides is 1. The molecule has 0 saturated carbocycles. The molecule has 2 aliphatic heterocycles. The maximum atomic E-state index is 12.8. The number of ketones is 1. The van der Waals surface area contributed by atoms with Crippen LogP contribution < -0.4 is 0 Å². The molecule has 6 nitrogen and oxygen atoms in total. The minimum atomic E-state index is -3.56. The lowest BCUT2D eigenvalue weighted by atomic mass is 9.99. The molecule has 2 heterocycles. The quantitative estimate of drug-likeness (QED) is 0.780. The molecule has 2 saturated heterocycles. The third kappa shape index (κ3) is 3.47. The van der Waals surface area contributed by atoms with Gasteiger partial charge in [0.25, 0.3) is 0 Å². The minimum absolute atomic E-state index is 0.0671. The first-order valence-electron chi connectivity index (χ1n) is 7.83. The summed E-state index contributed by atoms with van der Waals surface area (Å²) in [6, 6.07) is 6.11. The molecule has 0 aliphatic carbocycles. The molecule has 0 N–H and O–H groups in total. The van der Waals surface area contributed by atoms with Crippen LogP contribution >= 0.6 is 0 Å². The Kier molecular flexibility index (Phi) is 4.82. The van der Waals surface area contributed by atoms with E-state index in [2.05, 4.69) is 0 Å². The van der Waals surface area contributed by atoms with Crippen LogP contribution in [0.1, 0.15) is 30.1 Å². The molecule has 2 aliphatic rings. The van der Waals surface area contributed by atoms with E-state index < -0.39 is 10.0 Å². The third-order valence-electron chi connectivity index (χ3n) is 4.35. The van der Waals surface area contributed by atoms with Gasteiger partial charge in [0.15, 0.2) is 12.1 Å². The number of carbonyl (C=O) groups excluding carboxylic acids is 1. The number of nitrogens with zero attached hydrogens (tertiary/aromatic N) is 1. The Morgan fingerprint density at radius 2 is 1.83 bits per heavy atom. The first-order valence-corrected chi connectivity index (χ1v) is 9.27. The first-order chi connectivity index (χ1) is 11.0. The Labute approximate surface area is 136 Å². The summed E-state index contributed by atoms with van der Waals surface area (Å²) in [4.78, 5) is 11.5. The van der Waals surface area contributed by atoms with Crippen molar-refractivity contribution in [1.82, 2.24) is 4.31 Å². The molecule has 0 bridgehead atoms. The molecule has 2 fully saturated rings. The number of benzene rings is 1. The molecule has 23 heavy (non-hydrogen) atoms. The molecule has 0 unspecified atom stereocenters. The van der Waals surface area contributed by atoms with E-state index in [0.717, 1.165) is 12.8 Å². The van der Waals surface area contributed by atoms with Gasteiger partial charge in [-0.3, -0.25) is 4.79 Å². The summed E-state index contributed by atoms with van der Waals surface area (Å²) in [5, 5.41) is 0. The lowest BCUT2D eigenvalue weighted by Crippen LogP contribution is -2.43. The Balaban J connectivity index is 1.76. The Bertz CT molecular complexity index is 664. The van der Waals surface area contributed by atoms with Crippen molar-refractivity contribution < 1.29 is 22.7 Å². The lowest BCUT2D eigenvalue weighted by molar-refractivity contribution is -0.0940. The zero-order valence-corrected chi connectivity index (χ0v) is 13.9. The molecule has 1 aromatic carbocycles. The second-order valence-corrected chi connectivity index (χ2v) is 7.89.